The minimum Gasteiger partial charge on any atom is -0.497 e. The lowest BCUT2D eigenvalue weighted by Gasteiger charge is -2.12. The van der Waals surface area contributed by atoms with E-state index < -0.39 is 0 Å². The van der Waals surface area contributed by atoms with E-state index >= 15 is 0 Å². The Morgan fingerprint density at radius 2 is 1.96 bits per heavy atom. The number of nitrogens with one attached hydrogen (secondary N) is 1. The molecule has 1 N–H and O–H groups in total. The van der Waals surface area contributed by atoms with Crippen LogP contribution >= 0.6 is 0 Å². The Labute approximate surface area is 163 Å². The van der Waals surface area contributed by atoms with E-state index in [1.54, 1.807) is 30.2 Å². The maximum atomic E-state index is 12.3. The van der Waals surface area contributed by atoms with Gasteiger partial charge in [0.2, 0.25) is 0 Å². The van der Waals surface area contributed by atoms with Gasteiger partial charge in [0.1, 0.15) is 18.1 Å². The van der Waals surface area contributed by atoms with E-state index in [-0.39, 0.29) is 18.5 Å². The van der Waals surface area contributed by atoms with Crippen molar-refractivity contribution >= 4 is 17.7 Å². The summed E-state index contributed by atoms with van der Waals surface area (Å²) in [5.74, 6) is 6.64. The number of hydrogen-bond acceptors (Lipinski definition) is 5. The standard InChI is InChI=1S/C21H20N2O5/c1-26-17-9-10-18(19(14-17)27-2)20(24)22-11-3-4-15-5-7-16(8-6-15)23-12-13-28-21(23)25/h5-10,14H,11-13H2,1-2H3,(H,22,24). The van der Waals surface area contributed by atoms with Crippen LogP contribution in [-0.2, 0) is 4.74 Å². The van der Waals surface area contributed by atoms with Crippen molar-refractivity contribution in [3.63, 3.8) is 0 Å². The second-order valence-corrected chi connectivity index (χ2v) is 5.86. The van der Waals surface area contributed by atoms with E-state index in [1.165, 1.54) is 7.11 Å². The van der Waals surface area contributed by atoms with Crippen LogP contribution in [0.2, 0.25) is 0 Å². The molecule has 2 aromatic carbocycles. The van der Waals surface area contributed by atoms with Crippen molar-refractivity contribution in [2.45, 2.75) is 0 Å². The number of ether oxygens (including phenoxy) is 3. The molecule has 0 bridgehead atoms. The van der Waals surface area contributed by atoms with Gasteiger partial charge < -0.3 is 19.5 Å². The Hall–Kier alpha value is -3.66. The summed E-state index contributed by atoms with van der Waals surface area (Å²) < 4.78 is 15.3. The summed E-state index contributed by atoms with van der Waals surface area (Å²) in [7, 11) is 3.05. The normalized spacial score (nSPS) is 12.6. The second kappa shape index (κ2) is 8.82. The molecule has 28 heavy (non-hydrogen) atoms. The highest BCUT2D eigenvalue weighted by atomic mass is 16.6. The molecule has 1 aliphatic heterocycles. The summed E-state index contributed by atoms with van der Waals surface area (Å²) >= 11 is 0. The van der Waals surface area contributed by atoms with Crippen LogP contribution in [0.25, 0.3) is 0 Å². The average molecular weight is 380 g/mol. The van der Waals surface area contributed by atoms with E-state index in [4.69, 9.17) is 14.2 Å². The molecule has 3 rings (SSSR count). The van der Waals surface area contributed by atoms with Gasteiger partial charge in [0, 0.05) is 17.3 Å². The SMILES string of the molecule is COc1ccc(C(=O)NCC#Cc2ccc(N3CCOC3=O)cc2)c(OC)c1. The molecule has 0 atom stereocenters. The number of benzene rings is 2. The fraction of sp³-hybridized carbons (Fsp3) is 0.238. The zero-order chi connectivity index (χ0) is 19.9. The van der Waals surface area contributed by atoms with E-state index in [0.29, 0.717) is 30.2 Å². The van der Waals surface area contributed by atoms with E-state index in [2.05, 4.69) is 17.2 Å². The van der Waals surface area contributed by atoms with E-state index in [9.17, 15) is 9.59 Å². The van der Waals surface area contributed by atoms with Gasteiger partial charge in [-0.25, -0.2) is 4.79 Å². The topological polar surface area (TPSA) is 77.1 Å². The molecule has 0 saturated carbocycles. The lowest BCUT2D eigenvalue weighted by atomic mass is 10.1. The van der Waals surface area contributed by atoms with Crippen molar-refractivity contribution in [1.82, 2.24) is 5.32 Å². The first-order valence-electron chi connectivity index (χ1n) is 8.66. The van der Waals surface area contributed by atoms with Crippen LogP contribution in [0.4, 0.5) is 10.5 Å². The Morgan fingerprint density at radius 1 is 1.18 bits per heavy atom. The van der Waals surface area contributed by atoms with Crippen LogP contribution in [-0.4, -0.2) is 45.9 Å². The number of hydrogen-bond donors (Lipinski definition) is 1. The predicted octanol–water partition coefficient (Wildman–Crippen LogP) is 2.44. The maximum absolute atomic E-state index is 12.3. The van der Waals surface area contributed by atoms with Gasteiger partial charge in [-0.2, -0.15) is 0 Å². The Morgan fingerprint density at radius 3 is 2.61 bits per heavy atom. The van der Waals surface area contributed by atoms with Crippen molar-refractivity contribution in [3.8, 4) is 23.3 Å². The van der Waals surface area contributed by atoms with Crippen LogP contribution in [0.15, 0.2) is 42.5 Å². The van der Waals surface area contributed by atoms with Crippen molar-refractivity contribution in [2.24, 2.45) is 0 Å². The molecule has 1 aliphatic rings. The predicted molar refractivity (Wildman–Crippen MR) is 104 cm³/mol. The first kappa shape index (κ1) is 19.1. The third kappa shape index (κ3) is 4.35. The van der Waals surface area contributed by atoms with Crippen LogP contribution in [0, 0.1) is 11.8 Å². The minimum absolute atomic E-state index is 0.189. The van der Waals surface area contributed by atoms with Crippen molar-refractivity contribution < 1.29 is 23.8 Å². The van der Waals surface area contributed by atoms with E-state index in [1.807, 2.05) is 24.3 Å². The van der Waals surface area contributed by atoms with Crippen LogP contribution in [0.3, 0.4) is 0 Å². The van der Waals surface area contributed by atoms with Gasteiger partial charge in [-0.15, -0.1) is 0 Å². The Balaban J connectivity index is 1.58. The van der Waals surface area contributed by atoms with Crippen molar-refractivity contribution in [1.29, 1.82) is 0 Å². The molecule has 2 aromatic rings. The third-order valence-electron chi connectivity index (χ3n) is 4.16. The molecule has 0 unspecified atom stereocenters. The number of cyclic esters (lactones) is 1. The molecule has 7 nitrogen and oxygen atoms in total. The van der Waals surface area contributed by atoms with Crippen LogP contribution in [0.1, 0.15) is 15.9 Å². The van der Waals surface area contributed by atoms with Gasteiger partial charge >= 0.3 is 6.09 Å². The van der Waals surface area contributed by atoms with Crippen LogP contribution in [0.5, 0.6) is 11.5 Å². The number of anilines is 1. The summed E-state index contributed by atoms with van der Waals surface area (Å²) in [4.78, 5) is 25.4. The lowest BCUT2D eigenvalue weighted by molar-refractivity contribution is 0.0955. The van der Waals surface area contributed by atoms with E-state index in [0.717, 1.165) is 11.3 Å². The number of methoxy groups -OCH3 is 2. The molecular weight excluding hydrogens is 360 g/mol. The largest absolute Gasteiger partial charge is 0.497 e. The summed E-state index contributed by atoms with van der Waals surface area (Å²) in [5.41, 5.74) is 1.97. The fourth-order valence-corrected chi connectivity index (χ4v) is 2.70. The lowest BCUT2D eigenvalue weighted by Crippen LogP contribution is -2.24. The van der Waals surface area contributed by atoms with Gasteiger partial charge in [-0.05, 0) is 36.4 Å². The summed E-state index contributed by atoms with van der Waals surface area (Å²) in [5, 5.41) is 2.74. The smallest absolute Gasteiger partial charge is 0.414 e. The van der Waals surface area contributed by atoms with Crippen molar-refractivity contribution in [2.75, 3.05) is 38.8 Å². The highest BCUT2D eigenvalue weighted by Crippen LogP contribution is 2.24. The number of carbonyl (C=O) groups excluding carboxylic acids is 2. The highest BCUT2D eigenvalue weighted by molar-refractivity contribution is 5.97. The van der Waals surface area contributed by atoms with Gasteiger partial charge in [0.15, 0.2) is 0 Å². The molecule has 0 radical (unpaired) electrons. The first-order chi connectivity index (χ1) is 13.6. The molecule has 0 spiro atoms. The highest BCUT2D eigenvalue weighted by Gasteiger charge is 2.23. The van der Waals surface area contributed by atoms with Crippen molar-refractivity contribution in [3.05, 3.63) is 53.6 Å². The quantitative estimate of drug-likeness (QED) is 0.807. The monoisotopic (exact) mass is 380 g/mol. The number of amides is 2. The third-order valence-corrected chi connectivity index (χ3v) is 4.16. The zero-order valence-corrected chi connectivity index (χ0v) is 15.7. The zero-order valence-electron chi connectivity index (χ0n) is 15.7. The number of nitrogens with zero attached hydrogens (tertiary/aromatic N) is 1. The molecule has 1 fully saturated rings. The molecule has 0 aromatic heterocycles. The fourth-order valence-electron chi connectivity index (χ4n) is 2.70. The molecule has 0 aliphatic carbocycles. The van der Waals surface area contributed by atoms with Gasteiger partial charge in [-0.3, -0.25) is 9.69 Å². The summed E-state index contributed by atoms with van der Waals surface area (Å²) in [6.07, 6.45) is -0.337. The van der Waals surface area contributed by atoms with Gasteiger partial charge in [0.25, 0.3) is 5.91 Å². The van der Waals surface area contributed by atoms with Gasteiger partial charge in [0.05, 0.1) is 32.9 Å². The molecule has 7 heteroatoms. The summed E-state index contributed by atoms with van der Waals surface area (Å²) in [6.45, 7) is 1.14. The molecule has 2 amide bonds. The first-order valence-corrected chi connectivity index (χ1v) is 8.66. The number of rotatable bonds is 5. The molecule has 144 valence electrons. The second-order valence-electron chi connectivity index (χ2n) is 5.86. The van der Waals surface area contributed by atoms with Crippen LogP contribution < -0.4 is 19.7 Å². The number of carbonyl (C=O) groups is 2. The average Bonchev–Trinajstić information content (AvgIpc) is 3.16. The molecule has 1 saturated heterocycles. The molecule has 1 heterocycles. The minimum atomic E-state index is -0.337. The van der Waals surface area contributed by atoms with Gasteiger partial charge in [-0.1, -0.05) is 11.8 Å². The maximum Gasteiger partial charge on any atom is 0.414 e. The summed E-state index contributed by atoms with van der Waals surface area (Å²) in [6, 6.07) is 12.3. The Bertz CT molecular complexity index is 928. The Kier molecular flexibility index (Phi) is 6.02. The molecular formula is C21H20N2O5.